The molecule has 3 rings (SSSR count). The smallest absolute Gasteiger partial charge is 0.225 e. The Morgan fingerprint density at radius 1 is 1.43 bits per heavy atom. The number of nitrogens with zero attached hydrogens (tertiary/aromatic N) is 2. The normalized spacial score (nSPS) is 14.1. The maximum Gasteiger partial charge on any atom is 0.225 e. The molecule has 5 nitrogen and oxygen atoms in total. The molecule has 110 valence electrons. The largest absolute Gasteiger partial charge is 0.396 e. The van der Waals surface area contributed by atoms with Crippen molar-refractivity contribution >= 4 is 5.91 Å². The zero-order chi connectivity index (χ0) is 14.8. The highest BCUT2D eigenvalue weighted by molar-refractivity contribution is 5.77. The van der Waals surface area contributed by atoms with E-state index in [2.05, 4.69) is 5.16 Å². The zero-order valence-electron chi connectivity index (χ0n) is 11.4. The first-order chi connectivity index (χ1) is 10.2. The van der Waals surface area contributed by atoms with E-state index in [9.17, 15) is 9.18 Å². The molecule has 1 aliphatic heterocycles. The minimum atomic E-state index is -0.368. The van der Waals surface area contributed by atoms with Gasteiger partial charge in [0.05, 0.1) is 13.2 Å². The zero-order valence-corrected chi connectivity index (χ0v) is 11.4. The Bertz CT molecular complexity index is 669. The van der Waals surface area contributed by atoms with Gasteiger partial charge < -0.3 is 14.5 Å². The number of aliphatic hydroxyl groups excluding tert-OH is 1. The summed E-state index contributed by atoms with van der Waals surface area (Å²) in [7, 11) is 0. The van der Waals surface area contributed by atoms with Crippen LogP contribution in [0.1, 0.15) is 17.7 Å². The summed E-state index contributed by atoms with van der Waals surface area (Å²) in [6.07, 6.45) is 0.642. The predicted octanol–water partition coefficient (Wildman–Crippen LogP) is 1.75. The first-order valence-electron chi connectivity index (χ1n) is 6.81. The summed E-state index contributed by atoms with van der Waals surface area (Å²) in [6, 6.07) is 6.36. The Labute approximate surface area is 121 Å². The van der Waals surface area contributed by atoms with Gasteiger partial charge in [-0.3, -0.25) is 4.79 Å². The predicted molar refractivity (Wildman–Crippen MR) is 72.7 cm³/mol. The molecule has 0 aliphatic carbocycles. The van der Waals surface area contributed by atoms with Crippen molar-refractivity contribution in [3.05, 3.63) is 41.4 Å². The molecule has 1 aliphatic rings. The highest BCUT2D eigenvalue weighted by atomic mass is 19.1. The molecule has 2 heterocycles. The maximum absolute atomic E-state index is 13.9. The molecule has 2 aromatic rings. The lowest BCUT2D eigenvalue weighted by molar-refractivity contribution is -0.132. The average molecular weight is 290 g/mol. The molecular formula is C15H15FN2O3. The molecule has 1 aromatic carbocycles. The summed E-state index contributed by atoms with van der Waals surface area (Å²) in [6.45, 7) is 0.686. The second-order valence-electron chi connectivity index (χ2n) is 4.95. The minimum absolute atomic E-state index is 0.0929. The van der Waals surface area contributed by atoms with Crippen LogP contribution in [0.5, 0.6) is 0 Å². The van der Waals surface area contributed by atoms with Gasteiger partial charge in [-0.25, -0.2) is 4.39 Å². The molecule has 0 radical (unpaired) electrons. The van der Waals surface area contributed by atoms with Crippen LogP contribution >= 0.6 is 0 Å². The Hall–Kier alpha value is -2.21. The van der Waals surface area contributed by atoms with Gasteiger partial charge in [0, 0.05) is 30.5 Å². The number of hydrogen-bond acceptors (Lipinski definition) is 4. The van der Waals surface area contributed by atoms with Crippen LogP contribution in [0.15, 0.2) is 28.8 Å². The topological polar surface area (TPSA) is 66.6 Å². The van der Waals surface area contributed by atoms with Crippen molar-refractivity contribution in [2.75, 3.05) is 13.2 Å². The second-order valence-corrected chi connectivity index (χ2v) is 4.95. The summed E-state index contributed by atoms with van der Waals surface area (Å²) in [4.78, 5) is 13.5. The van der Waals surface area contributed by atoms with Crippen molar-refractivity contribution in [3.63, 3.8) is 0 Å². The van der Waals surface area contributed by atoms with E-state index in [-0.39, 0.29) is 24.8 Å². The highest BCUT2D eigenvalue weighted by Gasteiger charge is 2.28. The van der Waals surface area contributed by atoms with E-state index in [1.165, 1.54) is 6.07 Å². The fourth-order valence-corrected chi connectivity index (χ4v) is 2.54. The molecule has 0 saturated carbocycles. The van der Waals surface area contributed by atoms with E-state index in [0.717, 1.165) is 5.56 Å². The molecule has 0 fully saturated rings. The van der Waals surface area contributed by atoms with Crippen LogP contribution in [-0.2, 0) is 17.8 Å². The van der Waals surface area contributed by atoms with E-state index >= 15 is 0 Å². The van der Waals surface area contributed by atoms with Crippen LogP contribution in [0.3, 0.4) is 0 Å². The minimum Gasteiger partial charge on any atom is -0.396 e. The SMILES string of the molecule is O=C(CCO)N1CCc2onc(-c3ccccc3F)c2C1. The van der Waals surface area contributed by atoms with Crippen LogP contribution in [0, 0.1) is 5.82 Å². The highest BCUT2D eigenvalue weighted by Crippen LogP contribution is 2.31. The number of carbonyl (C=O) groups excluding carboxylic acids is 1. The lowest BCUT2D eigenvalue weighted by atomic mass is 10.0. The Morgan fingerprint density at radius 2 is 2.24 bits per heavy atom. The monoisotopic (exact) mass is 290 g/mol. The second kappa shape index (κ2) is 5.65. The molecule has 6 heteroatoms. The van der Waals surface area contributed by atoms with E-state index in [1.54, 1.807) is 23.1 Å². The number of amides is 1. The van der Waals surface area contributed by atoms with Gasteiger partial charge in [-0.2, -0.15) is 0 Å². The van der Waals surface area contributed by atoms with E-state index in [1.807, 2.05) is 0 Å². The molecule has 21 heavy (non-hydrogen) atoms. The first-order valence-corrected chi connectivity index (χ1v) is 6.81. The third kappa shape index (κ3) is 2.54. The number of rotatable bonds is 3. The number of hydrogen-bond donors (Lipinski definition) is 1. The van der Waals surface area contributed by atoms with E-state index < -0.39 is 0 Å². The van der Waals surface area contributed by atoms with Gasteiger partial charge in [0.25, 0.3) is 0 Å². The third-order valence-electron chi connectivity index (χ3n) is 3.63. The molecule has 1 aromatic heterocycles. The summed E-state index contributed by atoms with van der Waals surface area (Å²) >= 11 is 0. The summed E-state index contributed by atoms with van der Waals surface area (Å²) in [5.74, 6) is 0.206. The lowest BCUT2D eigenvalue weighted by Crippen LogP contribution is -2.36. The van der Waals surface area contributed by atoms with Gasteiger partial charge in [0.1, 0.15) is 17.3 Å². The number of halogens is 1. The molecule has 1 N–H and O–H groups in total. The number of aromatic nitrogens is 1. The summed E-state index contributed by atoms with van der Waals surface area (Å²) in [5, 5.41) is 12.8. The van der Waals surface area contributed by atoms with Crippen LogP contribution in [0.4, 0.5) is 4.39 Å². The summed E-state index contributed by atoms with van der Waals surface area (Å²) in [5.41, 5.74) is 1.57. The van der Waals surface area contributed by atoms with Crippen molar-refractivity contribution in [2.45, 2.75) is 19.4 Å². The fourth-order valence-electron chi connectivity index (χ4n) is 2.54. The fraction of sp³-hybridized carbons (Fsp3) is 0.333. The molecular weight excluding hydrogens is 275 g/mol. The molecule has 1 amide bonds. The van der Waals surface area contributed by atoms with Gasteiger partial charge in [0.2, 0.25) is 5.91 Å². The summed E-state index contributed by atoms with van der Waals surface area (Å²) < 4.78 is 19.2. The molecule has 0 bridgehead atoms. The third-order valence-corrected chi connectivity index (χ3v) is 3.63. The van der Waals surface area contributed by atoms with Crippen molar-refractivity contribution in [1.82, 2.24) is 10.1 Å². The van der Waals surface area contributed by atoms with Crippen molar-refractivity contribution < 1.29 is 18.8 Å². The van der Waals surface area contributed by atoms with Crippen LogP contribution in [0.25, 0.3) is 11.3 Å². The van der Waals surface area contributed by atoms with Crippen molar-refractivity contribution in [1.29, 1.82) is 0 Å². The van der Waals surface area contributed by atoms with Gasteiger partial charge in [-0.05, 0) is 12.1 Å². The van der Waals surface area contributed by atoms with Gasteiger partial charge in [-0.1, -0.05) is 17.3 Å². The standard InChI is InChI=1S/C15H15FN2O3/c16-12-4-2-1-3-10(12)15-11-9-18(14(20)6-8-19)7-5-13(11)21-17-15/h1-4,19H,5-9H2. The number of aliphatic hydroxyl groups is 1. The average Bonchev–Trinajstić information content (AvgIpc) is 2.91. The quantitative estimate of drug-likeness (QED) is 0.935. The Kier molecular flexibility index (Phi) is 3.70. The van der Waals surface area contributed by atoms with Gasteiger partial charge in [0.15, 0.2) is 0 Å². The van der Waals surface area contributed by atoms with Crippen LogP contribution in [0.2, 0.25) is 0 Å². The number of benzene rings is 1. The Balaban J connectivity index is 1.93. The van der Waals surface area contributed by atoms with Gasteiger partial charge >= 0.3 is 0 Å². The van der Waals surface area contributed by atoms with Crippen LogP contribution < -0.4 is 0 Å². The lowest BCUT2D eigenvalue weighted by Gasteiger charge is -2.26. The van der Waals surface area contributed by atoms with Crippen LogP contribution in [-0.4, -0.2) is 34.2 Å². The first kappa shape index (κ1) is 13.8. The number of fused-ring (bicyclic) bond motifs is 1. The maximum atomic E-state index is 13.9. The molecule has 0 saturated heterocycles. The van der Waals surface area contributed by atoms with E-state index in [4.69, 9.17) is 9.63 Å². The number of carbonyl (C=O) groups is 1. The molecule has 0 unspecified atom stereocenters. The van der Waals surface area contributed by atoms with E-state index in [0.29, 0.717) is 36.5 Å². The Morgan fingerprint density at radius 3 is 3.00 bits per heavy atom. The molecule has 0 spiro atoms. The van der Waals surface area contributed by atoms with Gasteiger partial charge in [-0.15, -0.1) is 0 Å². The van der Waals surface area contributed by atoms with Crippen molar-refractivity contribution in [2.24, 2.45) is 0 Å². The molecule has 0 atom stereocenters. The van der Waals surface area contributed by atoms with Crippen molar-refractivity contribution in [3.8, 4) is 11.3 Å².